The molecule has 0 heterocycles. The van der Waals surface area contributed by atoms with Crippen LogP contribution in [0.1, 0.15) is 51.5 Å². The van der Waals surface area contributed by atoms with Gasteiger partial charge in [0, 0.05) is 11.7 Å². The third kappa shape index (κ3) is 5.12. The minimum absolute atomic E-state index is 0.337. The molecule has 17 heavy (non-hydrogen) atoms. The molecule has 0 spiro atoms. The average Bonchev–Trinajstić information content (AvgIpc) is 2.28. The van der Waals surface area contributed by atoms with E-state index in [9.17, 15) is 5.11 Å². The van der Waals surface area contributed by atoms with Crippen molar-refractivity contribution < 1.29 is 5.11 Å². The van der Waals surface area contributed by atoms with Crippen molar-refractivity contribution in [3.63, 3.8) is 0 Å². The molecule has 0 saturated carbocycles. The van der Waals surface area contributed by atoms with Crippen molar-refractivity contribution in [2.45, 2.75) is 58.9 Å². The lowest BCUT2D eigenvalue weighted by Crippen LogP contribution is -2.15. The maximum absolute atomic E-state index is 9.34. The summed E-state index contributed by atoms with van der Waals surface area (Å²) in [6, 6.07) is 5.98. The number of rotatable bonds is 7. The third-order valence-corrected chi connectivity index (χ3v) is 3.10. The van der Waals surface area contributed by atoms with Crippen LogP contribution in [0, 0.1) is 6.92 Å². The van der Waals surface area contributed by atoms with Crippen LogP contribution in [0.4, 0.5) is 5.69 Å². The average molecular weight is 235 g/mol. The zero-order valence-corrected chi connectivity index (χ0v) is 11.3. The Kier molecular flexibility index (Phi) is 5.88. The minimum atomic E-state index is 0.337. The third-order valence-electron chi connectivity index (χ3n) is 3.10. The first-order valence-corrected chi connectivity index (χ1v) is 6.69. The number of hydrogen-bond acceptors (Lipinski definition) is 2. The highest BCUT2D eigenvalue weighted by atomic mass is 16.3. The Hall–Kier alpha value is -1.18. The van der Waals surface area contributed by atoms with Crippen LogP contribution in [0.15, 0.2) is 18.2 Å². The number of aryl methyl sites for hydroxylation is 1. The number of nitrogens with one attached hydrogen (secondary N) is 1. The zero-order chi connectivity index (χ0) is 12.7. The molecule has 0 fully saturated rings. The molecule has 2 heteroatoms. The first kappa shape index (κ1) is 13.9. The number of aromatic hydroxyl groups is 1. The van der Waals surface area contributed by atoms with Crippen molar-refractivity contribution in [1.82, 2.24) is 0 Å². The minimum Gasteiger partial charge on any atom is -0.508 e. The highest BCUT2D eigenvalue weighted by Gasteiger charge is 2.04. The van der Waals surface area contributed by atoms with Gasteiger partial charge in [0.1, 0.15) is 5.75 Å². The molecule has 0 aliphatic carbocycles. The van der Waals surface area contributed by atoms with E-state index in [2.05, 4.69) is 19.2 Å². The first-order chi connectivity index (χ1) is 8.13. The second-order valence-electron chi connectivity index (χ2n) is 4.89. The summed E-state index contributed by atoms with van der Waals surface area (Å²) in [5.74, 6) is 0.337. The SMILES string of the molecule is CCCCCCC(C)Nc1ccc(O)cc1C. The van der Waals surface area contributed by atoms with E-state index in [1.165, 1.54) is 32.1 Å². The largest absolute Gasteiger partial charge is 0.508 e. The summed E-state index contributed by atoms with van der Waals surface area (Å²) in [6.45, 7) is 6.48. The van der Waals surface area contributed by atoms with Crippen LogP contribution in [0.2, 0.25) is 0 Å². The summed E-state index contributed by atoms with van der Waals surface area (Å²) < 4.78 is 0. The van der Waals surface area contributed by atoms with Gasteiger partial charge < -0.3 is 10.4 Å². The lowest BCUT2D eigenvalue weighted by Gasteiger charge is -2.17. The van der Waals surface area contributed by atoms with E-state index in [1.807, 2.05) is 13.0 Å². The van der Waals surface area contributed by atoms with Gasteiger partial charge >= 0.3 is 0 Å². The number of hydrogen-bond donors (Lipinski definition) is 2. The molecule has 0 radical (unpaired) electrons. The van der Waals surface area contributed by atoms with E-state index in [0.717, 1.165) is 11.3 Å². The second kappa shape index (κ2) is 7.21. The van der Waals surface area contributed by atoms with Gasteiger partial charge in [0.15, 0.2) is 0 Å². The number of unbranched alkanes of at least 4 members (excludes halogenated alkanes) is 3. The van der Waals surface area contributed by atoms with Crippen molar-refractivity contribution in [3.8, 4) is 5.75 Å². The van der Waals surface area contributed by atoms with Crippen LogP contribution in [0.25, 0.3) is 0 Å². The van der Waals surface area contributed by atoms with Crippen molar-refractivity contribution in [2.75, 3.05) is 5.32 Å². The van der Waals surface area contributed by atoms with Gasteiger partial charge in [-0.15, -0.1) is 0 Å². The van der Waals surface area contributed by atoms with Gasteiger partial charge in [-0.25, -0.2) is 0 Å². The monoisotopic (exact) mass is 235 g/mol. The lowest BCUT2D eigenvalue weighted by molar-refractivity contribution is 0.475. The molecule has 2 N–H and O–H groups in total. The molecule has 0 bridgehead atoms. The molecule has 1 unspecified atom stereocenters. The fourth-order valence-electron chi connectivity index (χ4n) is 2.02. The van der Waals surface area contributed by atoms with Crippen LogP contribution in [-0.2, 0) is 0 Å². The second-order valence-corrected chi connectivity index (χ2v) is 4.89. The predicted molar refractivity (Wildman–Crippen MR) is 74.7 cm³/mol. The molecule has 2 nitrogen and oxygen atoms in total. The van der Waals surface area contributed by atoms with Crippen molar-refractivity contribution in [1.29, 1.82) is 0 Å². The highest BCUT2D eigenvalue weighted by molar-refractivity contribution is 5.53. The Balaban J connectivity index is 2.37. The van der Waals surface area contributed by atoms with Crippen LogP contribution in [0.5, 0.6) is 5.75 Å². The van der Waals surface area contributed by atoms with E-state index in [1.54, 1.807) is 12.1 Å². The van der Waals surface area contributed by atoms with Crippen molar-refractivity contribution in [2.24, 2.45) is 0 Å². The molecular formula is C15H25NO. The van der Waals surface area contributed by atoms with Crippen molar-refractivity contribution in [3.05, 3.63) is 23.8 Å². The van der Waals surface area contributed by atoms with Gasteiger partial charge in [0.05, 0.1) is 0 Å². The Morgan fingerprint density at radius 1 is 1.24 bits per heavy atom. The molecule has 1 aromatic rings. The van der Waals surface area contributed by atoms with Gasteiger partial charge in [-0.05, 0) is 44.0 Å². The summed E-state index contributed by atoms with van der Waals surface area (Å²) in [5.41, 5.74) is 2.23. The van der Waals surface area contributed by atoms with E-state index >= 15 is 0 Å². The van der Waals surface area contributed by atoms with E-state index in [0.29, 0.717) is 11.8 Å². The molecule has 1 rings (SSSR count). The molecule has 1 aromatic carbocycles. The number of phenols is 1. The Morgan fingerprint density at radius 2 is 2.00 bits per heavy atom. The van der Waals surface area contributed by atoms with E-state index in [-0.39, 0.29) is 0 Å². The Morgan fingerprint density at radius 3 is 2.65 bits per heavy atom. The topological polar surface area (TPSA) is 32.3 Å². The van der Waals surface area contributed by atoms with Gasteiger partial charge in [-0.3, -0.25) is 0 Å². The van der Waals surface area contributed by atoms with Crippen molar-refractivity contribution >= 4 is 5.69 Å². The summed E-state index contributed by atoms with van der Waals surface area (Å²) in [4.78, 5) is 0. The molecule has 1 atom stereocenters. The predicted octanol–water partition coefficient (Wildman–Crippen LogP) is 4.47. The highest BCUT2D eigenvalue weighted by Crippen LogP contribution is 2.21. The van der Waals surface area contributed by atoms with E-state index < -0.39 is 0 Å². The fraction of sp³-hybridized carbons (Fsp3) is 0.600. The summed E-state index contributed by atoms with van der Waals surface area (Å²) in [7, 11) is 0. The molecule has 0 saturated heterocycles. The summed E-state index contributed by atoms with van der Waals surface area (Å²) in [5, 5.41) is 12.8. The van der Waals surface area contributed by atoms with Crippen LogP contribution >= 0.6 is 0 Å². The zero-order valence-electron chi connectivity index (χ0n) is 11.3. The van der Waals surface area contributed by atoms with E-state index in [4.69, 9.17) is 0 Å². The van der Waals surface area contributed by atoms with Gasteiger partial charge in [0.25, 0.3) is 0 Å². The van der Waals surface area contributed by atoms with Crippen LogP contribution in [0.3, 0.4) is 0 Å². The maximum atomic E-state index is 9.34. The fourth-order valence-corrected chi connectivity index (χ4v) is 2.02. The number of phenolic OH excluding ortho intramolecular Hbond substituents is 1. The number of anilines is 1. The normalized spacial score (nSPS) is 12.4. The molecule has 0 aliphatic heterocycles. The molecule has 0 aromatic heterocycles. The standard InChI is InChI=1S/C15H25NO/c1-4-5-6-7-8-13(3)16-15-10-9-14(17)11-12(15)2/h9-11,13,16-17H,4-8H2,1-3H3. The molecule has 96 valence electrons. The molecule has 0 amide bonds. The summed E-state index contributed by atoms with van der Waals surface area (Å²) >= 11 is 0. The Bertz CT molecular complexity index is 336. The quantitative estimate of drug-likeness (QED) is 0.540. The Labute approximate surface area is 105 Å². The lowest BCUT2D eigenvalue weighted by atomic mass is 10.1. The first-order valence-electron chi connectivity index (χ1n) is 6.69. The summed E-state index contributed by atoms with van der Waals surface area (Å²) in [6.07, 6.45) is 6.46. The molecular weight excluding hydrogens is 210 g/mol. The van der Waals surface area contributed by atoms with Crippen LogP contribution in [-0.4, -0.2) is 11.1 Å². The smallest absolute Gasteiger partial charge is 0.115 e. The number of benzene rings is 1. The van der Waals surface area contributed by atoms with Crippen LogP contribution < -0.4 is 5.32 Å². The van der Waals surface area contributed by atoms with Gasteiger partial charge in [-0.1, -0.05) is 32.6 Å². The maximum Gasteiger partial charge on any atom is 0.115 e. The van der Waals surface area contributed by atoms with Gasteiger partial charge in [0.2, 0.25) is 0 Å². The van der Waals surface area contributed by atoms with Gasteiger partial charge in [-0.2, -0.15) is 0 Å². The molecule has 0 aliphatic rings.